The molecule has 0 unspecified atom stereocenters. The molecule has 1 aliphatic heterocycles. The average molecular weight is 367 g/mol. The summed E-state index contributed by atoms with van der Waals surface area (Å²) >= 11 is 0. The smallest absolute Gasteiger partial charge is 0.261 e. The zero-order valence-corrected chi connectivity index (χ0v) is 14.9. The van der Waals surface area contributed by atoms with E-state index in [1.807, 2.05) is 31.2 Å². The summed E-state index contributed by atoms with van der Waals surface area (Å²) in [7, 11) is -3.70. The van der Waals surface area contributed by atoms with Crippen molar-refractivity contribution in [2.24, 2.45) is 0 Å². The first-order valence-electron chi connectivity index (χ1n) is 8.13. The number of H-pyrrole nitrogens is 1. The third-order valence-corrected chi connectivity index (χ3v) is 5.81. The maximum absolute atomic E-state index is 12.5. The number of aromatic amines is 1. The molecule has 2 heterocycles. The first kappa shape index (κ1) is 16.4. The molecule has 1 aliphatic rings. The van der Waals surface area contributed by atoms with Crippen LogP contribution in [0.5, 0.6) is 0 Å². The summed E-state index contributed by atoms with van der Waals surface area (Å²) in [5, 5.41) is 3.79. The molecule has 0 bridgehead atoms. The zero-order chi connectivity index (χ0) is 18.3. The fraction of sp³-hybridized carbons (Fsp3) is 0.105. The summed E-state index contributed by atoms with van der Waals surface area (Å²) in [6.45, 7) is 1.98. The Morgan fingerprint density at radius 1 is 1.15 bits per heavy atom. The molecule has 3 N–H and O–H groups in total. The largest absolute Gasteiger partial charge is 0.355 e. The van der Waals surface area contributed by atoms with Gasteiger partial charge in [-0.15, -0.1) is 0 Å². The highest BCUT2D eigenvalue weighted by molar-refractivity contribution is 7.89. The standard InChI is InChI=1S/C19H17N3O3S/c1-12-15-4-2-3-5-18(15)21-16(12)8-9-20-26(24,25)14-6-7-17-13(10-14)11-19(23)22-17/h2-10,20-21H,11H2,1H3,(H,22,23). The van der Waals surface area contributed by atoms with Crippen LogP contribution < -0.4 is 10.0 Å². The molecule has 0 atom stereocenters. The molecule has 0 fully saturated rings. The second-order valence-electron chi connectivity index (χ2n) is 6.21. The van der Waals surface area contributed by atoms with Crippen LogP contribution in [0.2, 0.25) is 0 Å². The SMILES string of the molecule is Cc1c(C=CNS(=O)(=O)c2ccc3c(c2)CC(=O)N3)[nH]c2ccccc12. The number of aryl methyl sites for hydroxylation is 1. The summed E-state index contributed by atoms with van der Waals surface area (Å²) < 4.78 is 27.4. The van der Waals surface area contributed by atoms with Crippen LogP contribution in [0.25, 0.3) is 17.0 Å². The molecule has 0 radical (unpaired) electrons. The van der Waals surface area contributed by atoms with Crippen molar-refractivity contribution < 1.29 is 13.2 Å². The van der Waals surface area contributed by atoms with Crippen LogP contribution in [0.1, 0.15) is 16.8 Å². The van der Waals surface area contributed by atoms with Crippen LogP contribution in [0, 0.1) is 6.92 Å². The number of benzene rings is 2. The summed E-state index contributed by atoms with van der Waals surface area (Å²) in [5.74, 6) is -0.128. The number of rotatable bonds is 4. The number of sulfonamides is 1. The van der Waals surface area contributed by atoms with E-state index in [0.29, 0.717) is 11.3 Å². The second kappa shape index (κ2) is 6.03. The number of nitrogens with one attached hydrogen (secondary N) is 3. The van der Waals surface area contributed by atoms with Gasteiger partial charge in [-0.3, -0.25) is 9.52 Å². The van der Waals surface area contributed by atoms with Crippen molar-refractivity contribution in [2.75, 3.05) is 5.32 Å². The Kier molecular flexibility index (Phi) is 3.81. The van der Waals surface area contributed by atoms with Crippen LogP contribution in [-0.2, 0) is 21.2 Å². The molecule has 0 saturated heterocycles. The molecule has 132 valence electrons. The van der Waals surface area contributed by atoms with Gasteiger partial charge in [0.2, 0.25) is 5.91 Å². The molecule has 26 heavy (non-hydrogen) atoms. The highest BCUT2D eigenvalue weighted by Gasteiger charge is 2.21. The number of fused-ring (bicyclic) bond motifs is 2. The Bertz CT molecular complexity index is 1160. The number of amides is 1. The van der Waals surface area contributed by atoms with E-state index >= 15 is 0 Å². The van der Waals surface area contributed by atoms with Crippen molar-refractivity contribution in [3.8, 4) is 0 Å². The molecule has 4 rings (SSSR count). The van der Waals surface area contributed by atoms with Crippen molar-refractivity contribution in [1.82, 2.24) is 9.71 Å². The molecule has 0 spiro atoms. The molecule has 0 saturated carbocycles. The lowest BCUT2D eigenvalue weighted by Crippen LogP contribution is -2.17. The lowest BCUT2D eigenvalue weighted by Gasteiger charge is -2.06. The minimum Gasteiger partial charge on any atom is -0.355 e. The minimum atomic E-state index is -3.70. The fourth-order valence-electron chi connectivity index (χ4n) is 3.12. The number of para-hydroxylation sites is 1. The van der Waals surface area contributed by atoms with Gasteiger partial charge in [-0.25, -0.2) is 8.42 Å². The highest BCUT2D eigenvalue weighted by atomic mass is 32.2. The number of aromatic nitrogens is 1. The molecular formula is C19H17N3O3S. The summed E-state index contributed by atoms with van der Waals surface area (Å²) in [6, 6.07) is 12.5. The number of carbonyl (C=O) groups excluding carboxylic acids is 1. The number of hydrogen-bond donors (Lipinski definition) is 3. The Balaban J connectivity index is 1.56. The predicted molar refractivity (Wildman–Crippen MR) is 101 cm³/mol. The molecule has 1 aromatic heterocycles. The Hall–Kier alpha value is -3.06. The Labute approximate surface area is 151 Å². The zero-order valence-electron chi connectivity index (χ0n) is 14.0. The van der Waals surface area contributed by atoms with Gasteiger partial charge in [-0.05, 0) is 48.4 Å². The van der Waals surface area contributed by atoms with Gasteiger partial charge < -0.3 is 10.3 Å². The second-order valence-corrected chi connectivity index (χ2v) is 7.92. The summed E-state index contributed by atoms with van der Waals surface area (Å²) in [6.07, 6.45) is 3.30. The van der Waals surface area contributed by atoms with Crippen molar-refractivity contribution in [3.05, 3.63) is 65.5 Å². The maximum Gasteiger partial charge on any atom is 0.261 e. The Morgan fingerprint density at radius 3 is 2.77 bits per heavy atom. The lowest BCUT2D eigenvalue weighted by atomic mass is 10.1. The van der Waals surface area contributed by atoms with E-state index in [-0.39, 0.29) is 17.2 Å². The normalized spacial score (nSPS) is 14.0. The quantitative estimate of drug-likeness (QED) is 0.662. The van der Waals surface area contributed by atoms with Crippen molar-refractivity contribution in [3.63, 3.8) is 0 Å². The molecule has 2 aromatic carbocycles. The van der Waals surface area contributed by atoms with E-state index in [0.717, 1.165) is 22.2 Å². The highest BCUT2D eigenvalue weighted by Crippen LogP contribution is 2.26. The topological polar surface area (TPSA) is 91.1 Å². The van der Waals surface area contributed by atoms with Gasteiger partial charge in [0.1, 0.15) is 0 Å². The molecule has 6 nitrogen and oxygen atoms in total. The first-order valence-corrected chi connectivity index (χ1v) is 9.61. The van der Waals surface area contributed by atoms with E-state index in [1.165, 1.54) is 18.3 Å². The van der Waals surface area contributed by atoms with Crippen LogP contribution >= 0.6 is 0 Å². The fourth-order valence-corrected chi connectivity index (χ4v) is 4.05. The number of anilines is 1. The molecule has 7 heteroatoms. The monoisotopic (exact) mass is 367 g/mol. The van der Waals surface area contributed by atoms with Gasteiger partial charge in [0.25, 0.3) is 10.0 Å². The third kappa shape index (κ3) is 2.86. The minimum absolute atomic E-state index is 0.128. The molecule has 1 amide bonds. The van der Waals surface area contributed by atoms with Gasteiger partial charge in [-0.1, -0.05) is 18.2 Å². The maximum atomic E-state index is 12.5. The number of hydrogen-bond acceptors (Lipinski definition) is 3. The predicted octanol–water partition coefficient (Wildman–Crippen LogP) is 2.92. The van der Waals surface area contributed by atoms with Gasteiger partial charge in [0, 0.05) is 28.5 Å². The Morgan fingerprint density at radius 2 is 1.96 bits per heavy atom. The van der Waals surface area contributed by atoms with Crippen molar-refractivity contribution in [2.45, 2.75) is 18.2 Å². The van der Waals surface area contributed by atoms with Crippen LogP contribution in [-0.4, -0.2) is 19.3 Å². The first-order chi connectivity index (χ1) is 12.4. The lowest BCUT2D eigenvalue weighted by molar-refractivity contribution is -0.115. The van der Waals surface area contributed by atoms with E-state index < -0.39 is 10.0 Å². The van der Waals surface area contributed by atoms with Crippen molar-refractivity contribution in [1.29, 1.82) is 0 Å². The van der Waals surface area contributed by atoms with Gasteiger partial charge >= 0.3 is 0 Å². The van der Waals surface area contributed by atoms with Gasteiger partial charge in [0.15, 0.2) is 0 Å². The van der Waals surface area contributed by atoms with E-state index in [9.17, 15) is 13.2 Å². The van der Waals surface area contributed by atoms with E-state index in [4.69, 9.17) is 0 Å². The molecular weight excluding hydrogens is 350 g/mol. The van der Waals surface area contributed by atoms with Crippen LogP contribution in [0.4, 0.5) is 5.69 Å². The molecule has 3 aromatic rings. The number of carbonyl (C=O) groups is 1. The van der Waals surface area contributed by atoms with Gasteiger partial charge in [0.05, 0.1) is 11.3 Å². The van der Waals surface area contributed by atoms with E-state index in [1.54, 1.807) is 12.1 Å². The van der Waals surface area contributed by atoms with Gasteiger partial charge in [-0.2, -0.15) is 0 Å². The third-order valence-electron chi connectivity index (χ3n) is 4.49. The van der Waals surface area contributed by atoms with E-state index in [2.05, 4.69) is 15.0 Å². The molecule has 0 aliphatic carbocycles. The van der Waals surface area contributed by atoms with Crippen LogP contribution in [0.3, 0.4) is 0 Å². The summed E-state index contributed by atoms with van der Waals surface area (Å²) in [4.78, 5) is 14.8. The van der Waals surface area contributed by atoms with Crippen molar-refractivity contribution >= 4 is 38.6 Å². The van der Waals surface area contributed by atoms with Crippen LogP contribution in [0.15, 0.2) is 53.6 Å². The average Bonchev–Trinajstić information content (AvgIpc) is 3.14. The summed E-state index contributed by atoms with van der Waals surface area (Å²) in [5.41, 5.74) is 4.26.